The van der Waals surface area contributed by atoms with Gasteiger partial charge in [0.1, 0.15) is 0 Å². The number of hydrogen-bond donors (Lipinski definition) is 2. The van der Waals surface area contributed by atoms with Gasteiger partial charge in [-0.3, -0.25) is 4.79 Å². The molecule has 82 valence electrons. The molecule has 0 heterocycles. The first-order chi connectivity index (χ1) is 7.18. The predicted molar refractivity (Wildman–Crippen MR) is 61.8 cm³/mol. The highest BCUT2D eigenvalue weighted by Gasteiger charge is 1.94. The fraction of sp³-hybridized carbons (Fsp3) is 0.364. The number of amides is 1. The molecule has 0 atom stereocenters. The van der Waals surface area contributed by atoms with Crippen LogP contribution in [0.3, 0.4) is 0 Å². The zero-order chi connectivity index (χ0) is 11.1. The third-order valence-corrected chi connectivity index (χ3v) is 2.13. The molecule has 0 fully saturated rings. The molecule has 0 unspecified atom stereocenters. The van der Waals surface area contributed by atoms with Crippen LogP contribution in [0.25, 0.3) is 0 Å². The fourth-order valence-corrected chi connectivity index (χ4v) is 1.42. The van der Waals surface area contributed by atoms with Crippen LogP contribution in [0.5, 0.6) is 0 Å². The first-order valence-electron chi connectivity index (χ1n) is 4.88. The molecule has 1 amide bonds. The summed E-state index contributed by atoms with van der Waals surface area (Å²) < 4.78 is 0. The first-order valence-corrected chi connectivity index (χ1v) is 5.26. The van der Waals surface area contributed by atoms with Crippen LogP contribution in [0.15, 0.2) is 24.3 Å². The number of carbonyl (C=O) groups excluding carboxylic acids is 1. The van der Waals surface area contributed by atoms with Gasteiger partial charge >= 0.3 is 0 Å². The van der Waals surface area contributed by atoms with Crippen LogP contribution in [0.4, 0.5) is 0 Å². The van der Waals surface area contributed by atoms with Gasteiger partial charge in [-0.1, -0.05) is 23.7 Å². The van der Waals surface area contributed by atoms with E-state index in [1.54, 1.807) is 0 Å². The van der Waals surface area contributed by atoms with Crippen molar-refractivity contribution < 1.29 is 4.79 Å². The molecule has 1 aromatic carbocycles. The minimum Gasteiger partial charge on any atom is -0.355 e. The second kappa shape index (κ2) is 6.43. The maximum Gasteiger partial charge on any atom is 0.216 e. The van der Waals surface area contributed by atoms with Gasteiger partial charge in [-0.25, -0.2) is 0 Å². The average molecular weight is 227 g/mol. The molecular formula is C11H15ClN2O. The largest absolute Gasteiger partial charge is 0.355 e. The number of benzene rings is 1. The molecule has 0 bridgehead atoms. The maximum absolute atomic E-state index is 10.6. The van der Waals surface area contributed by atoms with Crippen molar-refractivity contribution in [3.05, 3.63) is 34.9 Å². The summed E-state index contributed by atoms with van der Waals surface area (Å²) >= 11 is 5.84. The summed E-state index contributed by atoms with van der Waals surface area (Å²) in [6.07, 6.45) is 0. The third kappa shape index (κ3) is 5.40. The van der Waals surface area contributed by atoms with Crippen LogP contribution in [0, 0.1) is 0 Å². The van der Waals surface area contributed by atoms with Gasteiger partial charge in [-0.2, -0.15) is 0 Å². The van der Waals surface area contributed by atoms with E-state index in [1.807, 2.05) is 24.3 Å². The Kier molecular flexibility index (Phi) is 5.15. The second-order valence-electron chi connectivity index (χ2n) is 3.29. The lowest BCUT2D eigenvalue weighted by Gasteiger charge is -2.05. The van der Waals surface area contributed by atoms with Crippen molar-refractivity contribution >= 4 is 17.5 Å². The Hall–Kier alpha value is -1.06. The highest BCUT2D eigenvalue weighted by molar-refractivity contribution is 6.30. The van der Waals surface area contributed by atoms with Crippen LogP contribution in [-0.4, -0.2) is 19.0 Å². The van der Waals surface area contributed by atoms with Crippen molar-refractivity contribution in [1.82, 2.24) is 10.6 Å². The molecule has 0 aliphatic carbocycles. The summed E-state index contributed by atoms with van der Waals surface area (Å²) in [5, 5.41) is 6.67. The minimum absolute atomic E-state index is 0.000412. The molecule has 4 heteroatoms. The van der Waals surface area contributed by atoms with E-state index in [4.69, 9.17) is 11.6 Å². The van der Waals surface area contributed by atoms with Crippen molar-refractivity contribution in [2.75, 3.05) is 13.1 Å². The van der Waals surface area contributed by atoms with Crippen LogP contribution >= 0.6 is 11.6 Å². The van der Waals surface area contributed by atoms with E-state index < -0.39 is 0 Å². The molecule has 0 aliphatic rings. The van der Waals surface area contributed by atoms with E-state index in [0.717, 1.165) is 23.7 Å². The van der Waals surface area contributed by atoms with Crippen molar-refractivity contribution in [2.45, 2.75) is 13.5 Å². The standard InChI is InChI=1S/C11H15ClN2O/c1-9(15)14-6-5-13-8-10-3-2-4-11(12)7-10/h2-4,7,13H,5-6,8H2,1H3,(H,14,15). The smallest absolute Gasteiger partial charge is 0.216 e. The van der Waals surface area contributed by atoms with E-state index in [1.165, 1.54) is 6.92 Å². The molecule has 0 radical (unpaired) electrons. The molecule has 0 saturated carbocycles. The molecular weight excluding hydrogens is 212 g/mol. The van der Waals surface area contributed by atoms with E-state index in [-0.39, 0.29) is 5.91 Å². The zero-order valence-corrected chi connectivity index (χ0v) is 9.47. The van der Waals surface area contributed by atoms with E-state index in [0.29, 0.717) is 6.54 Å². The number of nitrogens with one attached hydrogen (secondary N) is 2. The van der Waals surface area contributed by atoms with Gasteiger partial charge in [-0.05, 0) is 17.7 Å². The van der Waals surface area contributed by atoms with E-state index >= 15 is 0 Å². The molecule has 15 heavy (non-hydrogen) atoms. The van der Waals surface area contributed by atoms with Crippen LogP contribution in [-0.2, 0) is 11.3 Å². The average Bonchev–Trinajstić information content (AvgIpc) is 2.17. The zero-order valence-electron chi connectivity index (χ0n) is 8.72. The second-order valence-corrected chi connectivity index (χ2v) is 3.73. The third-order valence-electron chi connectivity index (χ3n) is 1.89. The fourth-order valence-electron chi connectivity index (χ4n) is 1.21. The van der Waals surface area contributed by atoms with Crippen LogP contribution in [0.2, 0.25) is 5.02 Å². The summed E-state index contributed by atoms with van der Waals surface area (Å²) in [7, 11) is 0. The minimum atomic E-state index is -0.000412. The highest BCUT2D eigenvalue weighted by atomic mass is 35.5. The number of halogens is 1. The van der Waals surface area contributed by atoms with Gasteiger partial charge in [0, 0.05) is 31.6 Å². The summed E-state index contributed by atoms with van der Waals surface area (Å²) in [5.41, 5.74) is 1.14. The lowest BCUT2D eigenvalue weighted by atomic mass is 10.2. The van der Waals surface area contributed by atoms with Gasteiger partial charge in [0.2, 0.25) is 5.91 Å². The van der Waals surface area contributed by atoms with Gasteiger partial charge < -0.3 is 10.6 Å². The molecule has 1 rings (SSSR count). The quantitative estimate of drug-likeness (QED) is 0.749. The monoisotopic (exact) mass is 226 g/mol. The van der Waals surface area contributed by atoms with E-state index in [9.17, 15) is 4.79 Å². The van der Waals surface area contributed by atoms with Gasteiger partial charge in [0.05, 0.1) is 0 Å². The van der Waals surface area contributed by atoms with Gasteiger partial charge in [-0.15, -0.1) is 0 Å². The predicted octanol–water partition coefficient (Wildman–Crippen LogP) is 1.57. The Labute approximate surface area is 94.8 Å². The molecule has 0 spiro atoms. The van der Waals surface area contributed by atoms with Crippen LogP contribution in [0.1, 0.15) is 12.5 Å². The SMILES string of the molecule is CC(=O)NCCNCc1cccc(Cl)c1. The van der Waals surface area contributed by atoms with Crippen molar-refractivity contribution in [1.29, 1.82) is 0 Å². The Morgan fingerprint density at radius 3 is 2.87 bits per heavy atom. The Morgan fingerprint density at radius 2 is 2.20 bits per heavy atom. The molecule has 0 saturated heterocycles. The van der Waals surface area contributed by atoms with Crippen molar-refractivity contribution in [3.8, 4) is 0 Å². The maximum atomic E-state index is 10.6. The summed E-state index contributed by atoms with van der Waals surface area (Å²) in [6.45, 7) is 3.68. The first kappa shape index (κ1) is 12.0. The number of carbonyl (C=O) groups is 1. The Bertz CT molecular complexity index is 328. The van der Waals surface area contributed by atoms with Gasteiger partial charge in [0.15, 0.2) is 0 Å². The van der Waals surface area contributed by atoms with Crippen molar-refractivity contribution in [3.63, 3.8) is 0 Å². The number of hydrogen-bond acceptors (Lipinski definition) is 2. The Balaban J connectivity index is 2.17. The topological polar surface area (TPSA) is 41.1 Å². The molecule has 0 aromatic heterocycles. The van der Waals surface area contributed by atoms with E-state index in [2.05, 4.69) is 10.6 Å². The summed E-state index contributed by atoms with van der Waals surface area (Å²) in [5.74, 6) is -0.000412. The summed E-state index contributed by atoms with van der Waals surface area (Å²) in [4.78, 5) is 10.6. The van der Waals surface area contributed by atoms with Crippen LogP contribution < -0.4 is 10.6 Å². The Morgan fingerprint density at radius 1 is 1.40 bits per heavy atom. The van der Waals surface area contributed by atoms with Gasteiger partial charge in [0.25, 0.3) is 0 Å². The highest BCUT2D eigenvalue weighted by Crippen LogP contribution is 2.09. The molecule has 2 N–H and O–H groups in total. The lowest BCUT2D eigenvalue weighted by molar-refractivity contribution is -0.118. The summed E-state index contributed by atoms with van der Waals surface area (Å²) in [6, 6.07) is 7.71. The lowest BCUT2D eigenvalue weighted by Crippen LogP contribution is -2.29. The molecule has 3 nitrogen and oxygen atoms in total. The van der Waals surface area contributed by atoms with Crippen molar-refractivity contribution in [2.24, 2.45) is 0 Å². The molecule has 1 aromatic rings. The molecule has 0 aliphatic heterocycles. The normalized spacial score (nSPS) is 10.0. The number of rotatable bonds is 5.